The molecule has 2 aliphatic rings. The summed E-state index contributed by atoms with van der Waals surface area (Å²) in [5, 5.41) is 3.71. The third kappa shape index (κ3) is 4.67. The Morgan fingerprint density at radius 3 is 2.73 bits per heavy atom. The standard InChI is InChI=1S/C26H24N2O5/c29-23(17-31-24(30)12-9-19-7-4-6-18-8-5-15-27-25(18)19)28-20-10-11-21-22(16-20)33-26(32-21)13-2-1-3-14-26/h4-12,15-16H,1-3,13-14,17H2,(H,28,29)/b12-9+. The SMILES string of the molecule is O=C(COC(=O)/C=C/c1cccc2cccnc12)Nc1ccc2c(c1)OC1(CCCCC1)O2. The first-order valence-electron chi connectivity index (χ1n) is 11.1. The molecule has 0 unspecified atom stereocenters. The van der Waals surface area contributed by atoms with Gasteiger partial charge in [0.1, 0.15) is 0 Å². The third-order valence-corrected chi connectivity index (χ3v) is 5.84. The monoisotopic (exact) mass is 444 g/mol. The third-order valence-electron chi connectivity index (χ3n) is 5.84. The molecule has 1 fully saturated rings. The summed E-state index contributed by atoms with van der Waals surface area (Å²) in [5.41, 5.74) is 2.15. The zero-order valence-electron chi connectivity index (χ0n) is 18.1. The molecule has 7 nitrogen and oxygen atoms in total. The van der Waals surface area contributed by atoms with E-state index in [1.165, 1.54) is 12.5 Å². The van der Waals surface area contributed by atoms with Gasteiger partial charge < -0.3 is 19.5 Å². The molecule has 1 aliphatic carbocycles. The molecule has 1 saturated carbocycles. The van der Waals surface area contributed by atoms with Crippen molar-refractivity contribution in [2.45, 2.75) is 37.9 Å². The largest absolute Gasteiger partial charge is 0.452 e. The van der Waals surface area contributed by atoms with E-state index in [-0.39, 0.29) is 0 Å². The number of rotatable bonds is 5. The van der Waals surface area contributed by atoms with Crippen LogP contribution in [0.5, 0.6) is 11.5 Å². The normalized spacial score (nSPS) is 16.2. The maximum Gasteiger partial charge on any atom is 0.331 e. The van der Waals surface area contributed by atoms with E-state index in [0.29, 0.717) is 17.2 Å². The number of amides is 1. The maximum atomic E-state index is 12.3. The lowest BCUT2D eigenvalue weighted by molar-refractivity contribution is -0.142. The predicted octanol–water partition coefficient (Wildman–Crippen LogP) is 4.86. The second-order valence-electron chi connectivity index (χ2n) is 8.25. The highest BCUT2D eigenvalue weighted by Crippen LogP contribution is 2.46. The fourth-order valence-electron chi connectivity index (χ4n) is 4.27. The minimum absolute atomic E-state index is 0.394. The first-order chi connectivity index (χ1) is 16.1. The number of aromatic nitrogens is 1. The van der Waals surface area contributed by atoms with E-state index in [1.54, 1.807) is 30.5 Å². The Bertz CT molecular complexity index is 1230. The summed E-state index contributed by atoms with van der Waals surface area (Å²) in [5.74, 6) is -0.296. The van der Waals surface area contributed by atoms with Crippen molar-refractivity contribution in [3.05, 3.63) is 66.4 Å². The van der Waals surface area contributed by atoms with Crippen LogP contribution in [0.15, 0.2) is 60.8 Å². The fourth-order valence-corrected chi connectivity index (χ4v) is 4.27. The number of hydrogen-bond acceptors (Lipinski definition) is 6. The van der Waals surface area contributed by atoms with Gasteiger partial charge in [0.2, 0.25) is 0 Å². The second-order valence-corrected chi connectivity index (χ2v) is 8.25. The minimum Gasteiger partial charge on any atom is -0.452 e. The molecule has 0 bridgehead atoms. The van der Waals surface area contributed by atoms with Crippen LogP contribution in [0.3, 0.4) is 0 Å². The molecule has 1 N–H and O–H groups in total. The number of nitrogens with zero attached hydrogens (tertiary/aromatic N) is 1. The maximum absolute atomic E-state index is 12.3. The Labute approximate surface area is 191 Å². The average molecular weight is 444 g/mol. The summed E-state index contributed by atoms with van der Waals surface area (Å²) >= 11 is 0. The molecule has 7 heteroatoms. The van der Waals surface area contributed by atoms with Gasteiger partial charge in [-0.3, -0.25) is 9.78 Å². The van der Waals surface area contributed by atoms with Crippen molar-refractivity contribution >= 4 is 34.5 Å². The van der Waals surface area contributed by atoms with E-state index >= 15 is 0 Å². The minimum atomic E-state index is -0.608. The number of hydrogen-bond donors (Lipinski definition) is 1. The number of fused-ring (bicyclic) bond motifs is 2. The quantitative estimate of drug-likeness (QED) is 0.447. The highest BCUT2D eigenvalue weighted by molar-refractivity contribution is 5.96. The first kappa shape index (κ1) is 21.0. The van der Waals surface area contributed by atoms with Crippen molar-refractivity contribution in [1.29, 1.82) is 0 Å². The number of pyridine rings is 1. The second kappa shape index (κ2) is 8.94. The van der Waals surface area contributed by atoms with Crippen LogP contribution in [0.25, 0.3) is 17.0 Å². The number of carbonyl (C=O) groups is 2. The van der Waals surface area contributed by atoms with Gasteiger partial charge in [-0.15, -0.1) is 0 Å². The summed E-state index contributed by atoms with van der Waals surface area (Å²) in [7, 11) is 0. The van der Waals surface area contributed by atoms with E-state index in [2.05, 4.69) is 10.3 Å². The summed E-state index contributed by atoms with van der Waals surface area (Å²) < 4.78 is 17.2. The Kier molecular flexibility index (Phi) is 5.69. The number of carbonyl (C=O) groups excluding carboxylic acids is 2. The van der Waals surface area contributed by atoms with Crippen LogP contribution >= 0.6 is 0 Å². The number of benzene rings is 2. The fraction of sp³-hybridized carbons (Fsp3) is 0.269. The van der Waals surface area contributed by atoms with Crippen molar-refractivity contribution in [3.8, 4) is 11.5 Å². The molecule has 2 heterocycles. The Balaban J connectivity index is 1.15. The van der Waals surface area contributed by atoms with Gasteiger partial charge in [0, 0.05) is 47.8 Å². The van der Waals surface area contributed by atoms with Crippen LogP contribution < -0.4 is 14.8 Å². The van der Waals surface area contributed by atoms with Crippen LogP contribution in [-0.4, -0.2) is 29.3 Å². The lowest BCUT2D eigenvalue weighted by atomic mass is 9.94. The Morgan fingerprint density at radius 1 is 1.03 bits per heavy atom. The van der Waals surface area contributed by atoms with E-state index in [1.807, 2.05) is 30.3 Å². The molecule has 1 aliphatic heterocycles. The van der Waals surface area contributed by atoms with Crippen LogP contribution in [0.1, 0.15) is 37.7 Å². The summed E-state index contributed by atoms with van der Waals surface area (Å²) in [6.07, 6.45) is 9.70. The van der Waals surface area contributed by atoms with E-state index in [4.69, 9.17) is 14.2 Å². The Morgan fingerprint density at radius 2 is 1.85 bits per heavy atom. The molecule has 33 heavy (non-hydrogen) atoms. The molecule has 0 radical (unpaired) electrons. The number of para-hydroxylation sites is 1. The van der Waals surface area contributed by atoms with E-state index in [9.17, 15) is 9.59 Å². The number of esters is 1. The predicted molar refractivity (Wildman–Crippen MR) is 124 cm³/mol. The van der Waals surface area contributed by atoms with Crippen LogP contribution in [0, 0.1) is 0 Å². The zero-order valence-corrected chi connectivity index (χ0v) is 18.1. The van der Waals surface area contributed by atoms with Gasteiger partial charge in [0.05, 0.1) is 5.52 Å². The summed E-state index contributed by atoms with van der Waals surface area (Å²) in [6, 6.07) is 14.8. The molecule has 5 rings (SSSR count). The molecule has 168 valence electrons. The van der Waals surface area contributed by atoms with Crippen molar-refractivity contribution in [2.75, 3.05) is 11.9 Å². The molecule has 3 aromatic rings. The molecule has 0 atom stereocenters. The van der Waals surface area contributed by atoms with Crippen molar-refractivity contribution in [2.24, 2.45) is 0 Å². The first-order valence-corrected chi connectivity index (χ1v) is 11.1. The summed E-state index contributed by atoms with van der Waals surface area (Å²) in [6.45, 7) is -0.394. The van der Waals surface area contributed by atoms with Crippen LogP contribution in [-0.2, 0) is 14.3 Å². The van der Waals surface area contributed by atoms with Crippen molar-refractivity contribution in [1.82, 2.24) is 4.98 Å². The van der Waals surface area contributed by atoms with E-state index < -0.39 is 24.3 Å². The van der Waals surface area contributed by atoms with Gasteiger partial charge in [-0.1, -0.05) is 30.7 Å². The van der Waals surface area contributed by atoms with Crippen LogP contribution in [0.4, 0.5) is 5.69 Å². The van der Waals surface area contributed by atoms with E-state index in [0.717, 1.165) is 42.1 Å². The topological polar surface area (TPSA) is 86.8 Å². The zero-order chi connectivity index (χ0) is 22.7. The van der Waals surface area contributed by atoms with Gasteiger partial charge in [-0.25, -0.2) is 4.79 Å². The summed E-state index contributed by atoms with van der Waals surface area (Å²) in [4.78, 5) is 28.7. The lowest BCUT2D eigenvalue weighted by Crippen LogP contribution is -2.40. The number of nitrogens with one attached hydrogen (secondary N) is 1. The van der Waals surface area contributed by atoms with Gasteiger partial charge >= 0.3 is 5.97 Å². The van der Waals surface area contributed by atoms with Gasteiger partial charge in [0.15, 0.2) is 18.1 Å². The molecule has 1 amide bonds. The average Bonchev–Trinajstić information content (AvgIpc) is 3.18. The molecule has 1 spiro atoms. The number of anilines is 1. The molecular weight excluding hydrogens is 420 g/mol. The highest BCUT2D eigenvalue weighted by atomic mass is 16.7. The van der Waals surface area contributed by atoms with Crippen molar-refractivity contribution < 1.29 is 23.8 Å². The molecule has 0 saturated heterocycles. The lowest BCUT2D eigenvalue weighted by Gasteiger charge is -2.31. The molecule has 1 aromatic heterocycles. The molecule has 2 aromatic carbocycles. The van der Waals surface area contributed by atoms with Gasteiger partial charge in [-0.05, 0) is 37.1 Å². The van der Waals surface area contributed by atoms with Crippen molar-refractivity contribution in [3.63, 3.8) is 0 Å². The Hall–Kier alpha value is -3.87. The highest BCUT2D eigenvalue weighted by Gasteiger charge is 2.42. The van der Waals surface area contributed by atoms with Gasteiger partial charge in [0.25, 0.3) is 11.7 Å². The van der Waals surface area contributed by atoms with Gasteiger partial charge in [-0.2, -0.15) is 0 Å². The number of ether oxygens (including phenoxy) is 3. The smallest absolute Gasteiger partial charge is 0.331 e. The van der Waals surface area contributed by atoms with Crippen LogP contribution in [0.2, 0.25) is 0 Å². The molecular formula is C26H24N2O5.